The van der Waals surface area contributed by atoms with Crippen molar-refractivity contribution >= 4 is 11.6 Å². The van der Waals surface area contributed by atoms with Crippen molar-refractivity contribution < 1.29 is 9.32 Å². The van der Waals surface area contributed by atoms with Crippen LogP contribution in [0.3, 0.4) is 0 Å². The van der Waals surface area contributed by atoms with Crippen LogP contribution >= 0.6 is 0 Å². The van der Waals surface area contributed by atoms with Gasteiger partial charge in [-0.05, 0) is 32.4 Å². The van der Waals surface area contributed by atoms with Crippen LogP contribution < -0.4 is 5.32 Å². The summed E-state index contributed by atoms with van der Waals surface area (Å²) >= 11 is 0. The van der Waals surface area contributed by atoms with Gasteiger partial charge in [0.25, 0.3) is 0 Å². The number of carbonyl (C=O) groups excluding carboxylic acids is 1. The van der Waals surface area contributed by atoms with Gasteiger partial charge >= 0.3 is 0 Å². The molecule has 0 bridgehead atoms. The number of carbonyl (C=O) groups is 1. The second-order valence-electron chi connectivity index (χ2n) is 6.85. The summed E-state index contributed by atoms with van der Waals surface area (Å²) in [5.74, 6) is 1.06. The van der Waals surface area contributed by atoms with Gasteiger partial charge < -0.3 is 9.84 Å². The molecule has 2 rings (SSSR count). The molecule has 0 radical (unpaired) electrons. The molecule has 0 atom stereocenters. The van der Waals surface area contributed by atoms with Crippen molar-refractivity contribution in [3.05, 3.63) is 34.7 Å². The second-order valence-corrected chi connectivity index (χ2v) is 6.85. The van der Waals surface area contributed by atoms with Crippen LogP contribution in [0.2, 0.25) is 0 Å². The van der Waals surface area contributed by atoms with Crippen molar-refractivity contribution in [3.8, 4) is 0 Å². The quantitative estimate of drug-likeness (QED) is 0.936. The van der Waals surface area contributed by atoms with Gasteiger partial charge in [0, 0.05) is 24.0 Å². The number of hydrogen-bond acceptors (Lipinski definition) is 5. The van der Waals surface area contributed by atoms with E-state index >= 15 is 0 Å². The number of nitrogens with zero attached hydrogens (tertiary/aromatic N) is 3. The Bertz CT molecular complexity index is 691. The summed E-state index contributed by atoms with van der Waals surface area (Å²) in [5.41, 5.74) is 3.39. The van der Waals surface area contributed by atoms with Crippen molar-refractivity contribution in [3.63, 3.8) is 0 Å². The minimum absolute atomic E-state index is 0.0858. The van der Waals surface area contributed by atoms with Crippen LogP contribution in [-0.2, 0) is 16.6 Å². The van der Waals surface area contributed by atoms with Crippen molar-refractivity contribution in [1.82, 2.24) is 15.1 Å². The van der Waals surface area contributed by atoms with E-state index in [0.717, 1.165) is 22.6 Å². The summed E-state index contributed by atoms with van der Waals surface area (Å²) < 4.78 is 5.20. The molecule has 124 valence electrons. The lowest BCUT2D eigenvalue weighted by molar-refractivity contribution is -0.116. The zero-order valence-corrected chi connectivity index (χ0v) is 14.6. The Balaban J connectivity index is 1.97. The van der Waals surface area contributed by atoms with Crippen molar-refractivity contribution in [2.24, 2.45) is 0 Å². The van der Waals surface area contributed by atoms with E-state index in [0.29, 0.717) is 24.6 Å². The topological polar surface area (TPSA) is 80.9 Å². The van der Waals surface area contributed by atoms with E-state index in [-0.39, 0.29) is 11.3 Å². The summed E-state index contributed by atoms with van der Waals surface area (Å²) in [7, 11) is 0. The lowest BCUT2D eigenvalue weighted by Gasteiger charge is -2.11. The van der Waals surface area contributed by atoms with Crippen LogP contribution in [0.15, 0.2) is 10.6 Å². The Morgan fingerprint density at radius 1 is 1.22 bits per heavy atom. The van der Waals surface area contributed by atoms with Gasteiger partial charge in [-0.2, -0.15) is 4.98 Å². The van der Waals surface area contributed by atoms with Crippen LogP contribution in [0.5, 0.6) is 0 Å². The van der Waals surface area contributed by atoms with E-state index in [9.17, 15) is 4.79 Å². The third-order valence-electron chi connectivity index (χ3n) is 3.49. The van der Waals surface area contributed by atoms with Crippen molar-refractivity contribution in [1.29, 1.82) is 0 Å². The highest BCUT2D eigenvalue weighted by molar-refractivity contribution is 5.92. The highest BCUT2D eigenvalue weighted by Crippen LogP contribution is 2.20. The van der Waals surface area contributed by atoms with Gasteiger partial charge in [0.2, 0.25) is 11.8 Å². The molecule has 2 aromatic rings. The molecule has 0 aliphatic rings. The Labute approximate surface area is 136 Å². The summed E-state index contributed by atoms with van der Waals surface area (Å²) in [6, 6.07) is 1.95. The molecule has 0 spiro atoms. The first-order valence-electron chi connectivity index (χ1n) is 7.74. The van der Waals surface area contributed by atoms with Gasteiger partial charge in [0.15, 0.2) is 5.82 Å². The zero-order chi connectivity index (χ0) is 17.2. The Hall–Kier alpha value is -2.24. The van der Waals surface area contributed by atoms with E-state index in [1.165, 1.54) is 0 Å². The minimum Gasteiger partial charge on any atom is -0.339 e. The first kappa shape index (κ1) is 17.1. The molecule has 0 aromatic carbocycles. The van der Waals surface area contributed by atoms with Crippen LogP contribution in [-0.4, -0.2) is 21.0 Å². The fourth-order valence-corrected chi connectivity index (χ4v) is 2.30. The molecule has 2 heterocycles. The third-order valence-corrected chi connectivity index (χ3v) is 3.49. The van der Waals surface area contributed by atoms with Crippen LogP contribution in [0, 0.1) is 20.8 Å². The molecule has 2 aromatic heterocycles. The molecule has 1 N–H and O–H groups in total. The van der Waals surface area contributed by atoms with Crippen LogP contribution in [0.4, 0.5) is 5.69 Å². The maximum Gasteiger partial charge on any atom is 0.227 e. The summed E-state index contributed by atoms with van der Waals surface area (Å²) in [6.07, 6.45) is 0.713. The average molecular weight is 316 g/mol. The molecule has 0 fully saturated rings. The first-order valence-corrected chi connectivity index (χ1v) is 7.74. The maximum absolute atomic E-state index is 12.2. The van der Waals surface area contributed by atoms with E-state index in [1.54, 1.807) is 0 Å². The van der Waals surface area contributed by atoms with Gasteiger partial charge in [-0.3, -0.25) is 9.78 Å². The third kappa shape index (κ3) is 4.37. The molecule has 0 unspecified atom stereocenters. The predicted octanol–water partition coefficient (Wildman–Crippen LogP) is 3.26. The number of amides is 1. The fraction of sp³-hybridized carbons (Fsp3) is 0.529. The largest absolute Gasteiger partial charge is 0.339 e. The molecule has 6 heteroatoms. The van der Waals surface area contributed by atoms with Crippen molar-refractivity contribution in [2.75, 3.05) is 5.32 Å². The molecule has 23 heavy (non-hydrogen) atoms. The average Bonchev–Trinajstić information content (AvgIpc) is 2.89. The number of rotatable bonds is 4. The van der Waals surface area contributed by atoms with Gasteiger partial charge in [0.05, 0.1) is 11.4 Å². The molecule has 1 amide bonds. The van der Waals surface area contributed by atoms with E-state index in [2.05, 4.69) is 20.4 Å². The number of pyridine rings is 1. The lowest BCUT2D eigenvalue weighted by Crippen LogP contribution is -2.15. The Morgan fingerprint density at radius 3 is 2.48 bits per heavy atom. The van der Waals surface area contributed by atoms with Gasteiger partial charge in [0.1, 0.15) is 0 Å². The Morgan fingerprint density at radius 2 is 1.91 bits per heavy atom. The van der Waals surface area contributed by atoms with Crippen LogP contribution in [0.1, 0.15) is 55.9 Å². The number of aromatic nitrogens is 3. The predicted molar refractivity (Wildman–Crippen MR) is 88.4 cm³/mol. The van der Waals surface area contributed by atoms with E-state index in [1.807, 2.05) is 47.6 Å². The number of hydrogen-bond donors (Lipinski definition) is 1. The SMILES string of the molecule is Cc1cc(C)c(NC(=O)CCc2nc(C(C)(C)C)no2)c(C)n1. The summed E-state index contributed by atoms with van der Waals surface area (Å²) in [4.78, 5) is 20.9. The Kier molecular flexibility index (Phi) is 4.82. The smallest absolute Gasteiger partial charge is 0.227 e. The summed E-state index contributed by atoms with van der Waals surface area (Å²) in [6.45, 7) is 11.8. The molecule has 0 saturated heterocycles. The van der Waals surface area contributed by atoms with Gasteiger partial charge in [-0.1, -0.05) is 25.9 Å². The maximum atomic E-state index is 12.2. The fourth-order valence-electron chi connectivity index (χ4n) is 2.30. The number of aryl methyl sites for hydroxylation is 4. The monoisotopic (exact) mass is 316 g/mol. The highest BCUT2D eigenvalue weighted by atomic mass is 16.5. The van der Waals surface area contributed by atoms with Crippen molar-refractivity contribution in [2.45, 2.75) is 59.8 Å². The molecule has 0 aliphatic heterocycles. The molecule has 0 aliphatic carbocycles. The highest BCUT2D eigenvalue weighted by Gasteiger charge is 2.21. The first-order chi connectivity index (χ1) is 10.7. The van der Waals surface area contributed by atoms with Gasteiger partial charge in [-0.15, -0.1) is 0 Å². The molecular weight excluding hydrogens is 292 g/mol. The molecule has 0 saturated carbocycles. The van der Waals surface area contributed by atoms with Crippen LogP contribution in [0.25, 0.3) is 0 Å². The minimum atomic E-state index is -0.161. The number of anilines is 1. The second kappa shape index (κ2) is 6.48. The lowest BCUT2D eigenvalue weighted by atomic mass is 9.96. The molecule has 6 nitrogen and oxygen atoms in total. The van der Waals surface area contributed by atoms with E-state index in [4.69, 9.17) is 4.52 Å². The van der Waals surface area contributed by atoms with Gasteiger partial charge in [-0.25, -0.2) is 0 Å². The number of nitrogens with one attached hydrogen (secondary N) is 1. The normalized spacial score (nSPS) is 11.6. The zero-order valence-electron chi connectivity index (χ0n) is 14.6. The standard InChI is InChI=1S/C17H24N4O2/c1-10-9-11(2)18-12(3)15(10)19-13(22)7-8-14-20-16(21-23-14)17(4,5)6/h9H,7-8H2,1-6H3,(H,19,22). The van der Waals surface area contributed by atoms with E-state index < -0.39 is 0 Å². The molecular formula is C17H24N4O2. The summed E-state index contributed by atoms with van der Waals surface area (Å²) in [5, 5.41) is 6.88.